The molecule has 3 heterocycles. The SMILES string of the molecule is CSc1nnc(-c2ccco2)n1/N=C\c1ccc(COc2ccccc2C)o1. The third-order valence-electron chi connectivity index (χ3n) is 3.98. The molecule has 0 aliphatic carbocycles. The molecule has 0 amide bonds. The van der Waals surface area contributed by atoms with Gasteiger partial charge in [0.15, 0.2) is 5.76 Å². The smallest absolute Gasteiger partial charge is 0.221 e. The van der Waals surface area contributed by atoms with Crippen molar-refractivity contribution < 1.29 is 13.6 Å². The van der Waals surface area contributed by atoms with Crippen molar-refractivity contribution in [3.8, 4) is 17.3 Å². The minimum atomic E-state index is 0.346. The van der Waals surface area contributed by atoms with Gasteiger partial charge in [-0.15, -0.1) is 10.2 Å². The molecule has 3 aromatic heterocycles. The van der Waals surface area contributed by atoms with Crippen LogP contribution in [0.5, 0.6) is 5.75 Å². The minimum Gasteiger partial charge on any atom is -0.485 e. The van der Waals surface area contributed by atoms with E-state index in [0.29, 0.717) is 34.9 Å². The number of aryl methyl sites for hydroxylation is 1. The topological polar surface area (TPSA) is 78.6 Å². The monoisotopic (exact) mass is 394 g/mol. The molecule has 142 valence electrons. The maximum atomic E-state index is 5.81. The minimum absolute atomic E-state index is 0.346. The summed E-state index contributed by atoms with van der Waals surface area (Å²) in [6.45, 7) is 2.35. The third-order valence-corrected chi connectivity index (χ3v) is 4.60. The van der Waals surface area contributed by atoms with E-state index in [2.05, 4.69) is 15.3 Å². The molecule has 0 aliphatic heterocycles. The van der Waals surface area contributed by atoms with Gasteiger partial charge in [-0.2, -0.15) is 9.78 Å². The molecule has 4 aromatic rings. The summed E-state index contributed by atoms with van der Waals surface area (Å²) < 4.78 is 18.6. The summed E-state index contributed by atoms with van der Waals surface area (Å²) in [5, 5.41) is 13.4. The molecule has 0 saturated heterocycles. The molecule has 0 radical (unpaired) electrons. The number of benzene rings is 1. The van der Waals surface area contributed by atoms with Crippen molar-refractivity contribution in [1.29, 1.82) is 0 Å². The molecule has 28 heavy (non-hydrogen) atoms. The second-order valence-electron chi connectivity index (χ2n) is 5.90. The predicted octanol–water partition coefficient (Wildman–Crippen LogP) is 4.62. The first-order valence-electron chi connectivity index (χ1n) is 8.59. The van der Waals surface area contributed by atoms with Crippen molar-refractivity contribution >= 4 is 18.0 Å². The molecule has 0 spiro atoms. The van der Waals surface area contributed by atoms with Crippen LogP contribution in [0.15, 0.2) is 73.9 Å². The van der Waals surface area contributed by atoms with Crippen molar-refractivity contribution in [3.63, 3.8) is 0 Å². The Morgan fingerprint density at radius 3 is 2.82 bits per heavy atom. The van der Waals surface area contributed by atoms with Gasteiger partial charge in [-0.1, -0.05) is 30.0 Å². The van der Waals surface area contributed by atoms with Gasteiger partial charge in [-0.3, -0.25) is 0 Å². The average Bonchev–Trinajstić information content (AvgIpc) is 3.45. The lowest BCUT2D eigenvalue weighted by Crippen LogP contribution is -1.96. The van der Waals surface area contributed by atoms with Gasteiger partial charge in [-0.05, 0) is 49.1 Å². The van der Waals surface area contributed by atoms with Gasteiger partial charge >= 0.3 is 0 Å². The third kappa shape index (κ3) is 3.86. The van der Waals surface area contributed by atoms with Gasteiger partial charge in [0.05, 0.1) is 12.5 Å². The van der Waals surface area contributed by atoms with E-state index in [1.54, 1.807) is 23.2 Å². The van der Waals surface area contributed by atoms with Crippen molar-refractivity contribution in [2.24, 2.45) is 5.10 Å². The Kier molecular flexibility index (Phi) is 5.29. The Morgan fingerprint density at radius 2 is 2.04 bits per heavy atom. The molecule has 8 heteroatoms. The van der Waals surface area contributed by atoms with Crippen LogP contribution in [0.3, 0.4) is 0 Å². The summed E-state index contributed by atoms with van der Waals surface area (Å²) in [6, 6.07) is 15.2. The van der Waals surface area contributed by atoms with Crippen molar-refractivity contribution in [1.82, 2.24) is 14.9 Å². The fourth-order valence-electron chi connectivity index (χ4n) is 2.58. The van der Waals surface area contributed by atoms with E-state index in [1.807, 2.05) is 55.6 Å². The van der Waals surface area contributed by atoms with Gasteiger partial charge in [0.2, 0.25) is 11.0 Å². The van der Waals surface area contributed by atoms with Crippen LogP contribution < -0.4 is 4.74 Å². The lowest BCUT2D eigenvalue weighted by atomic mass is 10.2. The van der Waals surface area contributed by atoms with E-state index >= 15 is 0 Å². The molecule has 1 aromatic carbocycles. The second-order valence-corrected chi connectivity index (χ2v) is 6.68. The average molecular weight is 394 g/mol. The Balaban J connectivity index is 1.49. The van der Waals surface area contributed by atoms with Crippen LogP contribution in [0, 0.1) is 6.92 Å². The quantitative estimate of drug-likeness (QED) is 0.336. The van der Waals surface area contributed by atoms with Gasteiger partial charge < -0.3 is 13.6 Å². The number of para-hydroxylation sites is 1. The first kappa shape index (κ1) is 18.1. The van der Waals surface area contributed by atoms with E-state index in [1.165, 1.54) is 11.8 Å². The zero-order valence-corrected chi connectivity index (χ0v) is 16.2. The Labute approximate surface area is 166 Å². The Hall–Kier alpha value is -3.26. The van der Waals surface area contributed by atoms with Gasteiger partial charge in [0.25, 0.3) is 0 Å². The summed E-state index contributed by atoms with van der Waals surface area (Å²) >= 11 is 1.44. The number of hydrogen-bond donors (Lipinski definition) is 0. The summed E-state index contributed by atoms with van der Waals surface area (Å²) in [4.78, 5) is 0. The molecule has 7 nitrogen and oxygen atoms in total. The first-order chi connectivity index (χ1) is 13.7. The highest BCUT2D eigenvalue weighted by Crippen LogP contribution is 2.23. The van der Waals surface area contributed by atoms with Gasteiger partial charge in [0.1, 0.15) is 23.9 Å². The van der Waals surface area contributed by atoms with E-state index in [0.717, 1.165) is 11.3 Å². The number of nitrogens with zero attached hydrogens (tertiary/aromatic N) is 4. The normalized spacial score (nSPS) is 11.4. The Bertz CT molecular complexity index is 1080. The number of ether oxygens (including phenoxy) is 1. The Morgan fingerprint density at radius 1 is 1.14 bits per heavy atom. The standard InChI is InChI=1S/C20H18N4O3S/c1-14-6-3-4-7-17(14)26-13-16-10-9-15(27-16)12-21-24-19(18-8-5-11-25-18)22-23-20(24)28-2/h3-12H,13H2,1-2H3/b21-12-. The number of aromatic nitrogens is 3. The maximum absolute atomic E-state index is 5.81. The molecular formula is C20H18N4O3S. The van der Waals surface area contributed by atoms with Crippen LogP contribution in [0.4, 0.5) is 0 Å². The molecule has 0 unspecified atom stereocenters. The number of hydrogen-bond acceptors (Lipinski definition) is 7. The molecule has 0 aliphatic rings. The highest BCUT2D eigenvalue weighted by atomic mass is 32.2. The van der Waals surface area contributed by atoms with Crippen LogP contribution in [-0.2, 0) is 6.61 Å². The molecule has 0 atom stereocenters. The second kappa shape index (κ2) is 8.18. The zero-order valence-electron chi connectivity index (χ0n) is 15.4. The van der Waals surface area contributed by atoms with E-state index in [9.17, 15) is 0 Å². The van der Waals surface area contributed by atoms with Crippen molar-refractivity contribution in [2.75, 3.05) is 6.26 Å². The van der Waals surface area contributed by atoms with Crippen LogP contribution >= 0.6 is 11.8 Å². The molecule has 0 bridgehead atoms. The number of rotatable bonds is 7. The molecule has 4 rings (SSSR count). The first-order valence-corrected chi connectivity index (χ1v) is 9.82. The lowest BCUT2D eigenvalue weighted by Gasteiger charge is -2.06. The van der Waals surface area contributed by atoms with Crippen LogP contribution in [-0.4, -0.2) is 27.3 Å². The fraction of sp³-hybridized carbons (Fsp3) is 0.150. The summed E-state index contributed by atoms with van der Waals surface area (Å²) in [5.74, 6) is 3.28. The lowest BCUT2D eigenvalue weighted by molar-refractivity contribution is 0.268. The zero-order chi connectivity index (χ0) is 19.3. The summed E-state index contributed by atoms with van der Waals surface area (Å²) in [5.41, 5.74) is 1.08. The summed E-state index contributed by atoms with van der Waals surface area (Å²) in [7, 11) is 0. The highest BCUT2D eigenvalue weighted by molar-refractivity contribution is 7.98. The van der Waals surface area contributed by atoms with Gasteiger partial charge in [-0.25, -0.2) is 0 Å². The van der Waals surface area contributed by atoms with Crippen LogP contribution in [0.25, 0.3) is 11.6 Å². The van der Waals surface area contributed by atoms with E-state index in [-0.39, 0.29) is 0 Å². The van der Waals surface area contributed by atoms with E-state index in [4.69, 9.17) is 13.6 Å². The fourth-order valence-corrected chi connectivity index (χ4v) is 3.01. The molecule has 0 N–H and O–H groups in total. The van der Waals surface area contributed by atoms with Crippen molar-refractivity contribution in [3.05, 3.63) is 71.9 Å². The van der Waals surface area contributed by atoms with Crippen LogP contribution in [0.1, 0.15) is 17.1 Å². The molecule has 0 saturated carbocycles. The van der Waals surface area contributed by atoms with Crippen molar-refractivity contribution in [2.45, 2.75) is 18.7 Å². The molecular weight excluding hydrogens is 376 g/mol. The summed E-state index contributed by atoms with van der Waals surface area (Å²) in [6.07, 6.45) is 5.12. The number of furan rings is 2. The van der Waals surface area contributed by atoms with E-state index < -0.39 is 0 Å². The van der Waals surface area contributed by atoms with Crippen LogP contribution in [0.2, 0.25) is 0 Å². The predicted molar refractivity (Wildman–Crippen MR) is 107 cm³/mol. The largest absolute Gasteiger partial charge is 0.485 e. The maximum Gasteiger partial charge on any atom is 0.221 e. The van der Waals surface area contributed by atoms with Gasteiger partial charge in [0, 0.05) is 0 Å². The molecule has 0 fully saturated rings. The highest BCUT2D eigenvalue weighted by Gasteiger charge is 2.15. The number of thioether (sulfide) groups is 1.